The van der Waals surface area contributed by atoms with Crippen molar-refractivity contribution in [2.24, 2.45) is 12.5 Å². The van der Waals surface area contributed by atoms with Gasteiger partial charge in [-0.25, -0.2) is 18.7 Å². The molecule has 25 heteroatoms. The van der Waals surface area contributed by atoms with Gasteiger partial charge in [0.25, 0.3) is 5.91 Å². The number of halogens is 8. The minimum Gasteiger partial charge on any atom is -0.494 e. The predicted octanol–water partition coefficient (Wildman–Crippen LogP) is 9.06. The van der Waals surface area contributed by atoms with Crippen LogP contribution in [0.2, 0.25) is 0 Å². The molecule has 7 rings (SSSR count). The number of aromatic nitrogens is 4. The van der Waals surface area contributed by atoms with Crippen molar-refractivity contribution in [2.45, 2.75) is 96.9 Å². The zero-order chi connectivity index (χ0) is 54.4. The van der Waals surface area contributed by atoms with Gasteiger partial charge in [-0.3, -0.25) is 24.3 Å². The van der Waals surface area contributed by atoms with Crippen molar-refractivity contribution in [1.82, 2.24) is 29.7 Å². The van der Waals surface area contributed by atoms with E-state index in [1.54, 1.807) is 26.3 Å². The fraction of sp³-hybridized carbons (Fsp3) is 0.429. The number of amides is 3. The quantitative estimate of drug-likeness (QED) is 0.0578. The van der Waals surface area contributed by atoms with E-state index in [-0.39, 0.29) is 44.0 Å². The topological polar surface area (TPSA) is 179 Å². The van der Waals surface area contributed by atoms with E-state index in [2.05, 4.69) is 15.3 Å². The Morgan fingerprint density at radius 3 is 2.36 bits per heavy atom. The van der Waals surface area contributed by atoms with Crippen LogP contribution in [0, 0.1) is 35.3 Å². The number of thiazole rings is 1. The molecule has 3 amide bonds. The highest BCUT2D eigenvalue weighted by Crippen LogP contribution is 2.44. The summed E-state index contributed by atoms with van der Waals surface area (Å²) >= 11 is 6.82. The molecule has 74 heavy (non-hydrogen) atoms. The molecule has 2 saturated heterocycles. The Labute approximate surface area is 428 Å². The van der Waals surface area contributed by atoms with Gasteiger partial charge in [0.1, 0.15) is 46.7 Å². The van der Waals surface area contributed by atoms with Gasteiger partial charge >= 0.3 is 12.4 Å². The maximum absolute atomic E-state index is 15.9. The lowest BCUT2D eigenvalue weighted by atomic mass is 9.85. The molecule has 0 bridgehead atoms. The summed E-state index contributed by atoms with van der Waals surface area (Å²) < 4.78 is 129. The number of ether oxygens (including phenoxy) is 2. The average molecular weight is 1080 g/mol. The van der Waals surface area contributed by atoms with Gasteiger partial charge in [0, 0.05) is 44.4 Å². The van der Waals surface area contributed by atoms with Crippen LogP contribution >= 0.6 is 23.6 Å². The second-order valence-electron chi connectivity index (χ2n) is 19.2. The van der Waals surface area contributed by atoms with E-state index in [4.69, 9.17) is 31.9 Å². The number of aliphatic hydroxyl groups excluding tert-OH is 1. The van der Waals surface area contributed by atoms with E-state index in [1.807, 2.05) is 24.7 Å². The molecular weight excluding hydrogens is 1030 g/mol. The minimum atomic E-state index is -5.33. The van der Waals surface area contributed by atoms with Crippen LogP contribution in [0.5, 0.6) is 5.75 Å². The number of aliphatic hydroxyl groups is 1. The number of β-amino-alcohol motifs (C(OH)–C–C–N with tert-alkyl or cyclic N) is 1. The maximum Gasteiger partial charge on any atom is 0.420 e. The van der Waals surface area contributed by atoms with Crippen LogP contribution in [0.25, 0.3) is 21.8 Å². The smallest absolute Gasteiger partial charge is 0.420 e. The molecule has 0 aliphatic carbocycles. The number of carbonyl (C=O) groups is 3. The molecule has 2 aliphatic heterocycles. The van der Waals surface area contributed by atoms with Crippen molar-refractivity contribution >= 4 is 57.8 Å². The van der Waals surface area contributed by atoms with Gasteiger partial charge in [-0.2, -0.15) is 31.6 Å². The Balaban J connectivity index is 0.946. The first-order chi connectivity index (χ1) is 34.6. The Kier molecular flexibility index (Phi) is 15.6. The molecule has 2 aliphatic rings. The number of nitrogens with one attached hydrogen (secondary N) is 1. The zero-order valence-electron chi connectivity index (χ0n) is 40.8. The van der Waals surface area contributed by atoms with E-state index >= 15 is 8.78 Å². The molecule has 5 heterocycles. The van der Waals surface area contributed by atoms with Crippen LogP contribution in [0.1, 0.15) is 88.1 Å². The van der Waals surface area contributed by atoms with Gasteiger partial charge < -0.3 is 34.3 Å². The maximum atomic E-state index is 15.9. The number of alkyl halides is 6. The molecule has 0 radical (unpaired) electrons. The highest BCUT2D eigenvalue weighted by molar-refractivity contribution is 7.81. The van der Waals surface area contributed by atoms with Crippen molar-refractivity contribution in [2.75, 3.05) is 36.2 Å². The normalized spacial score (nSPS) is 17.5. The second-order valence-corrected chi connectivity index (χ2v) is 20.4. The monoisotopic (exact) mass is 1080 g/mol. The van der Waals surface area contributed by atoms with Crippen molar-refractivity contribution in [3.8, 4) is 33.6 Å². The Morgan fingerprint density at radius 1 is 1.04 bits per heavy atom. The van der Waals surface area contributed by atoms with Crippen molar-refractivity contribution in [1.29, 1.82) is 5.26 Å². The molecule has 5 aromatic rings. The van der Waals surface area contributed by atoms with Gasteiger partial charge in [-0.1, -0.05) is 20.8 Å². The van der Waals surface area contributed by atoms with Crippen molar-refractivity contribution in [3.63, 3.8) is 0 Å². The number of nitriles is 1. The van der Waals surface area contributed by atoms with Crippen LogP contribution in [0.4, 0.5) is 46.5 Å². The number of nitrogens with zero attached hydrogens (tertiary/aromatic N) is 8. The number of benzene rings is 2. The number of aryl methyl sites for hydroxylation is 2. The largest absolute Gasteiger partial charge is 0.494 e. The molecular formula is C49H49F8N9O6S2. The molecule has 0 unspecified atom stereocenters. The van der Waals surface area contributed by atoms with Gasteiger partial charge in [0.2, 0.25) is 11.8 Å². The number of rotatable bonds is 15. The fourth-order valence-corrected chi connectivity index (χ4v) is 10.1. The number of hydrogen-bond donors (Lipinski definition) is 2. The minimum absolute atomic E-state index is 0.0381. The molecule has 394 valence electrons. The zero-order valence-corrected chi connectivity index (χ0v) is 42.4. The Bertz CT molecular complexity index is 3040. The first-order valence-corrected chi connectivity index (χ1v) is 24.1. The summed E-state index contributed by atoms with van der Waals surface area (Å²) in [5.74, 6) is -4.91. The Hall–Kier alpha value is -6.62. The number of hydrogen-bond acceptors (Lipinski definition) is 12. The van der Waals surface area contributed by atoms with Crippen molar-refractivity contribution < 1.29 is 64.1 Å². The number of unbranched alkanes of at least 4 members (excludes halogenated alkanes) is 1. The van der Waals surface area contributed by atoms with E-state index < -0.39 is 116 Å². The first kappa shape index (κ1) is 55.1. The van der Waals surface area contributed by atoms with Crippen molar-refractivity contribution in [3.05, 3.63) is 94.1 Å². The van der Waals surface area contributed by atoms with E-state index in [0.717, 1.165) is 39.9 Å². The summed E-state index contributed by atoms with van der Waals surface area (Å²) in [7, 11) is 1.81. The lowest BCUT2D eigenvalue weighted by molar-refractivity contribution is -0.141. The van der Waals surface area contributed by atoms with Crippen LogP contribution in [0.3, 0.4) is 0 Å². The summed E-state index contributed by atoms with van der Waals surface area (Å²) in [6.45, 7) is 9.38. The summed E-state index contributed by atoms with van der Waals surface area (Å²) in [5, 5.41) is 22.1. The van der Waals surface area contributed by atoms with E-state index in [0.29, 0.717) is 35.0 Å². The number of imidazole rings is 1. The summed E-state index contributed by atoms with van der Waals surface area (Å²) in [4.78, 5) is 57.8. The van der Waals surface area contributed by atoms with Gasteiger partial charge in [-0.15, -0.1) is 11.3 Å². The lowest BCUT2D eigenvalue weighted by Gasteiger charge is -2.35. The molecule has 0 saturated carbocycles. The molecule has 2 aromatic carbocycles. The number of anilines is 2. The molecule has 3 aromatic heterocycles. The third-order valence-electron chi connectivity index (χ3n) is 12.4. The molecule has 3 atom stereocenters. The highest BCUT2D eigenvalue weighted by Gasteiger charge is 2.52. The van der Waals surface area contributed by atoms with Gasteiger partial charge in [0.15, 0.2) is 16.7 Å². The fourth-order valence-electron chi connectivity index (χ4n) is 8.78. The standard InChI is InChI=1S/C49H49F8N9O6S2/c1-25-40(74-24-60-25)33-22-63(7)42(61-33)35-17-28(67)21-64(35)43(69)41(46(2,3)4)62-36(68)23-71-14-8-9-15-72-29-11-12-30(31(18-29)48(52,53)54)39-32(50)16-27(20-59-39)66-45(73)65(44(70)47(66,5)6)34-13-10-26(19-58)37(38(34)51)49(55,56)57/h10-13,16,18,20,22,24,28,35,41,67H,8-9,14-15,17,21,23H2,1-7H3,(H,62,68)/t28-,35+,41-/m1/s1. The predicted molar refractivity (Wildman–Crippen MR) is 258 cm³/mol. The number of likely N-dealkylation sites (tertiary alicyclic amines) is 1. The number of thiocarbonyl (C=S) groups is 1. The summed E-state index contributed by atoms with van der Waals surface area (Å²) in [6.07, 6.45) is -7.60. The van der Waals surface area contributed by atoms with Gasteiger partial charge in [0.05, 0.1) is 69.6 Å². The SMILES string of the molecule is Cc1ncsc1-c1cn(C)c([C@@H]2C[C@@H](O)CN2C(=O)[C@@H](NC(=O)COCCCCOc2ccc(-c3ncc(N4C(=S)N(c5ccc(C#N)c(C(F)(F)F)c5F)C(=O)C4(C)C)cc3F)c(C(F)(F)F)c2)C(C)(C)C)n1. The molecule has 0 spiro atoms. The van der Waals surface area contributed by atoms with E-state index in [9.17, 15) is 45.8 Å². The van der Waals surface area contributed by atoms with Crippen LogP contribution < -0.4 is 19.9 Å². The third kappa shape index (κ3) is 11.1. The molecule has 2 fully saturated rings. The molecule has 2 N–H and O–H groups in total. The second kappa shape index (κ2) is 20.9. The Morgan fingerprint density at radius 2 is 1.74 bits per heavy atom. The van der Waals surface area contributed by atoms with E-state index in [1.165, 1.54) is 42.2 Å². The number of pyridine rings is 1. The lowest BCUT2D eigenvalue weighted by Crippen LogP contribution is -2.55. The summed E-state index contributed by atoms with van der Waals surface area (Å²) in [5.41, 5.74) is -6.29. The van der Waals surface area contributed by atoms with Crippen LogP contribution in [0.15, 0.2) is 54.3 Å². The van der Waals surface area contributed by atoms with Crippen LogP contribution in [-0.4, -0.2) is 96.4 Å². The third-order valence-corrected chi connectivity index (χ3v) is 13.7. The average Bonchev–Trinajstić information content (AvgIpc) is 4.06. The van der Waals surface area contributed by atoms with Gasteiger partial charge in [-0.05, 0) is 81.6 Å². The number of carbonyl (C=O) groups excluding carboxylic acids is 3. The summed E-state index contributed by atoms with van der Waals surface area (Å²) in [6, 6.07) is 4.63. The molecule has 15 nitrogen and oxygen atoms in total. The first-order valence-electron chi connectivity index (χ1n) is 22.8. The van der Waals surface area contributed by atoms with Crippen LogP contribution in [-0.2, 0) is 38.5 Å². The highest BCUT2D eigenvalue weighted by atomic mass is 32.1.